The molecule has 0 saturated carbocycles. The van der Waals surface area contributed by atoms with Gasteiger partial charge in [-0.25, -0.2) is 0 Å². The molecular weight excluding hydrogens is 188 g/mol. The van der Waals surface area contributed by atoms with E-state index in [4.69, 9.17) is 8.54 Å². The van der Waals surface area contributed by atoms with E-state index in [-0.39, 0.29) is 6.10 Å². The summed E-state index contributed by atoms with van der Waals surface area (Å²) in [7, 11) is -4.51. The second-order valence-electron chi connectivity index (χ2n) is 4.28. The van der Waals surface area contributed by atoms with Crippen LogP contribution in [0.1, 0.15) is 13.8 Å². The van der Waals surface area contributed by atoms with Crippen LogP contribution >= 0.6 is 0 Å². The Morgan fingerprint density at radius 2 is 1.50 bits per heavy atom. The van der Waals surface area contributed by atoms with Gasteiger partial charge in [0.25, 0.3) is 0 Å². The first-order valence-electron chi connectivity index (χ1n) is 4.23. The number of hydrogen-bond acceptors (Lipinski definition) is 3. The first-order valence-corrected chi connectivity index (χ1v) is 9.90. The van der Waals surface area contributed by atoms with Crippen LogP contribution in [0, 0.1) is 0 Å². The maximum absolute atomic E-state index is 9.75. The lowest BCUT2D eigenvalue weighted by Gasteiger charge is -2.29. The van der Waals surface area contributed by atoms with Crippen molar-refractivity contribution in [2.45, 2.75) is 46.1 Å². The normalized spacial score (nSPS) is 18.0. The van der Waals surface area contributed by atoms with E-state index >= 15 is 0 Å². The molecule has 1 N–H and O–H groups in total. The fourth-order valence-corrected chi connectivity index (χ4v) is 6.64. The van der Waals surface area contributed by atoms with Crippen LogP contribution in [0.2, 0.25) is 26.2 Å². The smallest absolute Gasteiger partial charge is 0.416 e. The van der Waals surface area contributed by atoms with Crippen LogP contribution in [0.25, 0.3) is 0 Å². The maximum atomic E-state index is 9.75. The average molecular weight is 208 g/mol. The molecule has 74 valence electrons. The molecule has 0 aliphatic heterocycles. The standard InChI is InChI=1S/C7H20O3Si2/c1-7(2)9-12(6,8)10-11(3,4)5/h7-8H,1-6H3. The molecule has 0 radical (unpaired) electrons. The van der Waals surface area contributed by atoms with E-state index in [0.717, 1.165) is 0 Å². The molecule has 0 aliphatic carbocycles. The molecule has 0 rings (SSSR count). The van der Waals surface area contributed by atoms with Crippen LogP contribution < -0.4 is 0 Å². The van der Waals surface area contributed by atoms with E-state index in [1.807, 2.05) is 33.5 Å². The van der Waals surface area contributed by atoms with Gasteiger partial charge in [-0.1, -0.05) is 0 Å². The minimum atomic E-state index is -2.84. The highest BCUT2D eigenvalue weighted by Gasteiger charge is 2.36. The first kappa shape index (κ1) is 12.3. The zero-order valence-corrected chi connectivity index (χ0v) is 10.8. The van der Waals surface area contributed by atoms with Crippen molar-refractivity contribution in [3.8, 4) is 0 Å². The van der Waals surface area contributed by atoms with Crippen molar-refractivity contribution in [1.82, 2.24) is 0 Å². The molecule has 1 atom stereocenters. The lowest BCUT2D eigenvalue weighted by atomic mass is 10.5. The van der Waals surface area contributed by atoms with Crippen molar-refractivity contribution in [3.63, 3.8) is 0 Å². The van der Waals surface area contributed by atoms with Crippen molar-refractivity contribution in [3.05, 3.63) is 0 Å². The summed E-state index contributed by atoms with van der Waals surface area (Å²) >= 11 is 0. The molecule has 0 amide bonds. The number of rotatable bonds is 4. The molecule has 0 aromatic carbocycles. The second-order valence-corrected chi connectivity index (χ2v) is 11.4. The summed E-state index contributed by atoms with van der Waals surface area (Å²) in [5.74, 6) is 0. The van der Waals surface area contributed by atoms with Crippen molar-refractivity contribution in [2.24, 2.45) is 0 Å². The van der Waals surface area contributed by atoms with Crippen LogP contribution in [0.15, 0.2) is 0 Å². The van der Waals surface area contributed by atoms with Gasteiger partial charge in [0.2, 0.25) is 0 Å². The Morgan fingerprint density at radius 1 is 1.08 bits per heavy atom. The largest absolute Gasteiger partial charge is 0.484 e. The first-order chi connectivity index (χ1) is 5.12. The zero-order valence-electron chi connectivity index (χ0n) is 8.84. The Hall–Kier alpha value is 0.314. The third-order valence-electron chi connectivity index (χ3n) is 0.950. The molecule has 0 heterocycles. The van der Waals surface area contributed by atoms with Crippen LogP contribution in [-0.2, 0) is 8.54 Å². The van der Waals surface area contributed by atoms with E-state index in [2.05, 4.69) is 0 Å². The monoisotopic (exact) mass is 208 g/mol. The minimum Gasteiger partial charge on any atom is -0.416 e. The molecular formula is C7H20O3Si2. The Bertz CT molecular complexity index is 140. The van der Waals surface area contributed by atoms with Crippen molar-refractivity contribution in [1.29, 1.82) is 0 Å². The van der Waals surface area contributed by atoms with Gasteiger partial charge >= 0.3 is 8.80 Å². The van der Waals surface area contributed by atoms with Crippen LogP contribution in [0.4, 0.5) is 0 Å². The highest BCUT2D eigenvalue weighted by Crippen LogP contribution is 2.14. The predicted octanol–water partition coefficient (Wildman–Crippen LogP) is 1.82. The Balaban J connectivity index is 4.04. The highest BCUT2D eigenvalue weighted by molar-refractivity contribution is 6.79. The van der Waals surface area contributed by atoms with Crippen LogP contribution in [-0.4, -0.2) is 28.0 Å². The summed E-state index contributed by atoms with van der Waals surface area (Å²) in [4.78, 5) is 9.75. The SMILES string of the molecule is CC(C)O[Si](C)(O)O[Si](C)(C)C. The molecule has 3 nitrogen and oxygen atoms in total. The highest BCUT2D eigenvalue weighted by atomic mass is 28.5. The van der Waals surface area contributed by atoms with Crippen molar-refractivity contribution >= 4 is 17.1 Å². The zero-order chi connectivity index (χ0) is 9.99. The minimum absolute atomic E-state index is 0.0306. The van der Waals surface area contributed by atoms with Gasteiger partial charge in [-0.05, 0) is 33.5 Å². The third-order valence-corrected chi connectivity index (χ3v) is 5.82. The van der Waals surface area contributed by atoms with Crippen LogP contribution in [0.5, 0.6) is 0 Å². The van der Waals surface area contributed by atoms with Gasteiger partial charge in [0.05, 0.1) is 0 Å². The summed E-state index contributed by atoms with van der Waals surface area (Å²) in [5.41, 5.74) is 0. The van der Waals surface area contributed by atoms with Gasteiger partial charge in [-0.2, -0.15) is 0 Å². The topological polar surface area (TPSA) is 38.7 Å². The molecule has 0 aromatic rings. The lowest BCUT2D eigenvalue weighted by Crippen LogP contribution is -2.48. The second kappa shape index (κ2) is 4.01. The van der Waals surface area contributed by atoms with E-state index < -0.39 is 17.1 Å². The van der Waals surface area contributed by atoms with Crippen molar-refractivity contribution < 1.29 is 13.3 Å². The van der Waals surface area contributed by atoms with E-state index in [1.54, 1.807) is 6.55 Å². The van der Waals surface area contributed by atoms with Gasteiger partial charge in [0.15, 0.2) is 8.32 Å². The average Bonchev–Trinajstić information content (AvgIpc) is 1.48. The molecule has 5 heteroatoms. The van der Waals surface area contributed by atoms with Gasteiger partial charge in [-0.15, -0.1) is 0 Å². The molecule has 0 spiro atoms. The van der Waals surface area contributed by atoms with E-state index in [1.165, 1.54) is 0 Å². The summed E-state index contributed by atoms with van der Waals surface area (Å²) in [6.07, 6.45) is 0.0306. The summed E-state index contributed by atoms with van der Waals surface area (Å²) in [6, 6.07) is 0. The van der Waals surface area contributed by atoms with Crippen molar-refractivity contribution in [2.75, 3.05) is 0 Å². The molecule has 0 saturated heterocycles. The summed E-state index contributed by atoms with van der Waals surface area (Å²) < 4.78 is 10.9. The predicted molar refractivity (Wildman–Crippen MR) is 54.5 cm³/mol. The summed E-state index contributed by atoms with van der Waals surface area (Å²) in [6.45, 7) is 11.6. The Morgan fingerprint density at radius 3 is 1.75 bits per heavy atom. The molecule has 0 fully saturated rings. The fourth-order valence-electron chi connectivity index (χ4n) is 1.03. The maximum Gasteiger partial charge on any atom is 0.484 e. The molecule has 0 aromatic heterocycles. The van der Waals surface area contributed by atoms with Gasteiger partial charge < -0.3 is 13.3 Å². The molecule has 0 aliphatic rings. The van der Waals surface area contributed by atoms with Gasteiger partial charge in [-0.3, -0.25) is 0 Å². The molecule has 12 heavy (non-hydrogen) atoms. The fraction of sp³-hybridized carbons (Fsp3) is 1.00. The van der Waals surface area contributed by atoms with E-state index in [0.29, 0.717) is 0 Å². The van der Waals surface area contributed by atoms with Crippen LogP contribution in [0.3, 0.4) is 0 Å². The van der Waals surface area contributed by atoms with Gasteiger partial charge in [0, 0.05) is 12.7 Å². The molecule has 1 unspecified atom stereocenters. The summed E-state index contributed by atoms with van der Waals surface area (Å²) in [5, 5.41) is 0. The van der Waals surface area contributed by atoms with Gasteiger partial charge in [0.1, 0.15) is 0 Å². The molecule has 0 bridgehead atoms. The van der Waals surface area contributed by atoms with E-state index in [9.17, 15) is 4.80 Å². The third kappa shape index (κ3) is 6.99. The lowest BCUT2D eigenvalue weighted by molar-refractivity contribution is 0.121. The Kier molecular flexibility index (Phi) is 4.12. The Labute approximate surface area is 77.2 Å². The quantitative estimate of drug-likeness (QED) is 0.716. The number of hydrogen-bond donors (Lipinski definition) is 1.